The van der Waals surface area contributed by atoms with Gasteiger partial charge in [-0.2, -0.15) is 0 Å². The summed E-state index contributed by atoms with van der Waals surface area (Å²) < 4.78 is 12.6. The van der Waals surface area contributed by atoms with E-state index in [-0.39, 0.29) is 23.0 Å². The summed E-state index contributed by atoms with van der Waals surface area (Å²) in [7, 11) is 0. The Bertz CT molecular complexity index is 1670. The van der Waals surface area contributed by atoms with Crippen molar-refractivity contribution >= 4 is 27.5 Å². The zero-order chi connectivity index (χ0) is 24.1. The van der Waals surface area contributed by atoms with Crippen molar-refractivity contribution in [1.82, 2.24) is 0 Å². The van der Waals surface area contributed by atoms with Crippen molar-refractivity contribution in [3.8, 4) is 34.5 Å². The first-order valence-corrected chi connectivity index (χ1v) is 10.9. The summed E-state index contributed by atoms with van der Waals surface area (Å²) in [6.07, 6.45) is 0. The molecule has 0 saturated carbocycles. The molecule has 0 unspecified atom stereocenters. The van der Waals surface area contributed by atoms with Crippen LogP contribution in [0.4, 0.5) is 0 Å². The first-order valence-electron chi connectivity index (χ1n) is 10.9. The molecule has 7 heteroatoms. The van der Waals surface area contributed by atoms with E-state index < -0.39 is 11.6 Å². The summed E-state index contributed by atoms with van der Waals surface area (Å²) in [5, 5.41) is 42.8. The van der Waals surface area contributed by atoms with Gasteiger partial charge >= 0.3 is 5.97 Å². The van der Waals surface area contributed by atoms with E-state index in [4.69, 9.17) is 9.47 Å². The molecule has 0 aromatic heterocycles. The molecule has 4 N–H and O–H groups in total. The lowest BCUT2D eigenvalue weighted by Gasteiger charge is -2.37. The van der Waals surface area contributed by atoms with Crippen LogP contribution in [0.5, 0.6) is 34.5 Å². The van der Waals surface area contributed by atoms with Crippen molar-refractivity contribution < 1.29 is 34.7 Å². The fourth-order valence-electron chi connectivity index (χ4n) is 5.34. The summed E-state index contributed by atoms with van der Waals surface area (Å²) in [6.45, 7) is 0. The van der Waals surface area contributed by atoms with E-state index in [1.807, 2.05) is 12.1 Å². The minimum atomic E-state index is -1.35. The number of benzene rings is 5. The molecule has 0 saturated heterocycles. The molecule has 1 spiro atoms. The quantitative estimate of drug-likeness (QED) is 0.179. The molecule has 7 rings (SSSR count). The smallest absolute Gasteiger partial charge is 0.340 e. The fraction of sp³-hybridized carbons (Fsp3) is 0.0357. The molecule has 0 fully saturated rings. The molecule has 0 atom stereocenters. The lowest BCUT2D eigenvalue weighted by atomic mass is 9.76. The third kappa shape index (κ3) is 2.26. The normalized spacial score (nSPS) is 14.9. The number of phenolic OH excluding ortho intramolecular Hbond substituents is 4. The van der Waals surface area contributed by atoms with Crippen molar-refractivity contribution in [2.75, 3.05) is 0 Å². The van der Waals surface area contributed by atoms with Gasteiger partial charge in [0.1, 0.15) is 11.5 Å². The molecule has 0 aliphatic carbocycles. The Kier molecular flexibility index (Phi) is 3.55. The molecule has 2 heterocycles. The van der Waals surface area contributed by atoms with Gasteiger partial charge in [-0.05, 0) is 54.6 Å². The molecule has 0 bridgehead atoms. The van der Waals surface area contributed by atoms with Crippen molar-refractivity contribution in [3.05, 3.63) is 95.1 Å². The lowest BCUT2D eigenvalue weighted by molar-refractivity contribution is 0.0226. The van der Waals surface area contributed by atoms with Crippen LogP contribution < -0.4 is 4.74 Å². The fourth-order valence-corrected chi connectivity index (χ4v) is 5.34. The van der Waals surface area contributed by atoms with Crippen LogP contribution in [-0.4, -0.2) is 26.4 Å². The SMILES string of the molecule is O=C1OC2(c3ccccc31)c1ccc3c(O)c(O)ccc3c1Oc1c2ccc2c(O)c(O)ccc12. The average Bonchev–Trinajstić information content (AvgIpc) is 3.16. The van der Waals surface area contributed by atoms with Crippen LogP contribution in [0.2, 0.25) is 0 Å². The highest BCUT2D eigenvalue weighted by Crippen LogP contribution is 2.60. The third-order valence-corrected chi connectivity index (χ3v) is 6.94. The van der Waals surface area contributed by atoms with Gasteiger partial charge in [0.2, 0.25) is 0 Å². The number of rotatable bonds is 0. The van der Waals surface area contributed by atoms with Crippen molar-refractivity contribution in [2.24, 2.45) is 0 Å². The van der Waals surface area contributed by atoms with Crippen LogP contribution in [0.3, 0.4) is 0 Å². The summed E-state index contributed by atoms with van der Waals surface area (Å²) in [4.78, 5) is 13.1. The van der Waals surface area contributed by atoms with E-state index in [0.29, 0.717) is 55.3 Å². The lowest BCUT2D eigenvalue weighted by Crippen LogP contribution is -2.33. The van der Waals surface area contributed by atoms with Gasteiger partial charge in [-0.15, -0.1) is 0 Å². The van der Waals surface area contributed by atoms with Gasteiger partial charge in [-0.25, -0.2) is 4.79 Å². The summed E-state index contributed by atoms with van der Waals surface area (Å²) in [5.74, 6) is -0.929. The van der Waals surface area contributed by atoms with Crippen LogP contribution in [0.25, 0.3) is 21.5 Å². The topological polar surface area (TPSA) is 116 Å². The number of aromatic hydroxyl groups is 4. The Balaban J connectivity index is 1.67. The predicted molar refractivity (Wildman–Crippen MR) is 126 cm³/mol. The van der Waals surface area contributed by atoms with Crippen molar-refractivity contribution in [3.63, 3.8) is 0 Å². The molecule has 35 heavy (non-hydrogen) atoms. The molecule has 2 aliphatic heterocycles. The number of carbonyl (C=O) groups excluding carboxylic acids is 1. The Hall–Kier alpha value is -4.91. The molecule has 2 aliphatic rings. The first-order chi connectivity index (χ1) is 16.9. The van der Waals surface area contributed by atoms with Gasteiger partial charge in [-0.3, -0.25) is 0 Å². The van der Waals surface area contributed by atoms with Gasteiger partial charge in [0, 0.05) is 38.2 Å². The van der Waals surface area contributed by atoms with E-state index in [2.05, 4.69) is 0 Å². The maximum Gasteiger partial charge on any atom is 0.340 e. The summed E-state index contributed by atoms with van der Waals surface area (Å²) in [6, 6.07) is 19.8. The number of esters is 1. The molecule has 5 aromatic carbocycles. The van der Waals surface area contributed by atoms with Crippen LogP contribution >= 0.6 is 0 Å². The molecule has 170 valence electrons. The van der Waals surface area contributed by atoms with Crippen molar-refractivity contribution in [2.45, 2.75) is 5.60 Å². The van der Waals surface area contributed by atoms with Crippen LogP contribution in [0.1, 0.15) is 27.0 Å². The van der Waals surface area contributed by atoms with E-state index >= 15 is 0 Å². The monoisotopic (exact) mass is 464 g/mol. The van der Waals surface area contributed by atoms with E-state index in [0.717, 1.165) is 0 Å². The van der Waals surface area contributed by atoms with Crippen molar-refractivity contribution in [1.29, 1.82) is 0 Å². The highest BCUT2D eigenvalue weighted by atomic mass is 16.6. The Morgan fingerprint density at radius 1 is 0.571 bits per heavy atom. The van der Waals surface area contributed by atoms with Gasteiger partial charge in [-0.1, -0.05) is 18.2 Å². The number of phenols is 4. The van der Waals surface area contributed by atoms with E-state index in [1.54, 1.807) is 48.5 Å². The highest BCUT2D eigenvalue weighted by Gasteiger charge is 2.54. The maximum atomic E-state index is 13.1. The number of ether oxygens (including phenoxy) is 2. The van der Waals surface area contributed by atoms with Crippen LogP contribution in [-0.2, 0) is 10.3 Å². The summed E-state index contributed by atoms with van der Waals surface area (Å²) in [5.41, 5.74) is 0.834. The number of fused-ring (bicyclic) bond motifs is 10. The molecule has 7 nitrogen and oxygen atoms in total. The molecule has 5 aromatic rings. The second-order valence-corrected chi connectivity index (χ2v) is 8.66. The predicted octanol–water partition coefficient (Wildman–Crippen LogP) is 5.38. The van der Waals surface area contributed by atoms with E-state index in [9.17, 15) is 25.2 Å². The molecular weight excluding hydrogens is 448 g/mol. The van der Waals surface area contributed by atoms with Crippen LogP contribution in [0.15, 0.2) is 72.8 Å². The number of hydrogen-bond acceptors (Lipinski definition) is 7. The van der Waals surface area contributed by atoms with Gasteiger partial charge in [0.15, 0.2) is 28.6 Å². The average molecular weight is 464 g/mol. The zero-order valence-corrected chi connectivity index (χ0v) is 17.9. The Morgan fingerprint density at radius 2 is 1.09 bits per heavy atom. The standard InChI is InChI=1S/C28H16O7/c29-21-11-7-15-13(23(21)31)5-9-19-25(15)34-26-16-8-12-22(30)24(32)14(16)6-10-20(26)28(19)18-4-2-1-3-17(18)27(33)35-28/h1-12,29-32H. The number of carbonyl (C=O) groups is 1. The van der Waals surface area contributed by atoms with Crippen LogP contribution in [0, 0.1) is 0 Å². The second kappa shape index (κ2) is 6.36. The molecule has 0 amide bonds. The number of hydrogen-bond donors (Lipinski definition) is 4. The maximum absolute atomic E-state index is 13.1. The minimum Gasteiger partial charge on any atom is -0.504 e. The van der Waals surface area contributed by atoms with Gasteiger partial charge < -0.3 is 29.9 Å². The Labute approximate surface area is 197 Å². The second-order valence-electron chi connectivity index (χ2n) is 8.66. The van der Waals surface area contributed by atoms with Gasteiger partial charge in [0.05, 0.1) is 5.56 Å². The third-order valence-electron chi connectivity index (χ3n) is 6.94. The largest absolute Gasteiger partial charge is 0.504 e. The molecule has 0 radical (unpaired) electrons. The summed E-state index contributed by atoms with van der Waals surface area (Å²) >= 11 is 0. The highest BCUT2D eigenvalue weighted by molar-refractivity contribution is 6.03. The Morgan fingerprint density at radius 3 is 1.66 bits per heavy atom. The minimum absolute atomic E-state index is 0.271. The molecular formula is C28H16O7. The van der Waals surface area contributed by atoms with E-state index in [1.165, 1.54) is 12.1 Å². The first kappa shape index (κ1) is 19.5. The zero-order valence-electron chi connectivity index (χ0n) is 17.9. The van der Waals surface area contributed by atoms with Gasteiger partial charge in [0.25, 0.3) is 0 Å².